The highest BCUT2D eigenvalue weighted by Crippen LogP contribution is 2.43. The Morgan fingerprint density at radius 1 is 1.05 bits per heavy atom. The fourth-order valence-electron chi connectivity index (χ4n) is 3.19. The lowest BCUT2D eigenvalue weighted by atomic mass is 9.66. The number of hydrogen-bond donors (Lipinski definition) is 1. The minimum absolute atomic E-state index is 0.0163. The first-order chi connectivity index (χ1) is 9.61. The van der Waals surface area contributed by atoms with Crippen LogP contribution in [0.25, 0.3) is 0 Å². The second kappa shape index (κ2) is 6.53. The standard InChI is InChI=1S/C17H24O3/c1-17(18)15(13-7-5-4-6-8-13)10-9-14(11-19-2)16(17)12-20-3/h4-10,14-16,18H,11-12H2,1-3H3/t14-,15+,16+,17-/m1/s1. The molecule has 3 heteroatoms. The molecule has 0 bridgehead atoms. The number of hydrogen-bond acceptors (Lipinski definition) is 3. The summed E-state index contributed by atoms with van der Waals surface area (Å²) < 4.78 is 10.6. The predicted octanol–water partition coefficient (Wildman–Crippen LogP) is 2.62. The minimum Gasteiger partial charge on any atom is -0.389 e. The second-order valence-electron chi connectivity index (χ2n) is 5.68. The molecule has 0 unspecified atom stereocenters. The van der Waals surface area contributed by atoms with Gasteiger partial charge in [0.05, 0.1) is 18.8 Å². The van der Waals surface area contributed by atoms with Gasteiger partial charge in [-0.2, -0.15) is 0 Å². The molecular formula is C17H24O3. The zero-order valence-corrected chi connectivity index (χ0v) is 12.5. The Balaban J connectivity index is 2.33. The van der Waals surface area contributed by atoms with E-state index in [4.69, 9.17) is 9.47 Å². The maximum absolute atomic E-state index is 11.1. The highest BCUT2D eigenvalue weighted by atomic mass is 16.5. The summed E-state index contributed by atoms with van der Waals surface area (Å²) in [7, 11) is 3.37. The van der Waals surface area contributed by atoms with E-state index in [9.17, 15) is 5.11 Å². The summed E-state index contributed by atoms with van der Waals surface area (Å²) in [6.45, 7) is 3.03. The van der Waals surface area contributed by atoms with Gasteiger partial charge in [-0.1, -0.05) is 42.5 Å². The van der Waals surface area contributed by atoms with Crippen LogP contribution in [0.5, 0.6) is 0 Å². The van der Waals surface area contributed by atoms with Crippen molar-refractivity contribution in [3.8, 4) is 0 Å². The first kappa shape index (κ1) is 15.2. The average Bonchev–Trinajstić information content (AvgIpc) is 2.44. The first-order valence-corrected chi connectivity index (χ1v) is 7.04. The van der Waals surface area contributed by atoms with Crippen LogP contribution < -0.4 is 0 Å². The van der Waals surface area contributed by atoms with Gasteiger partial charge in [0.2, 0.25) is 0 Å². The molecule has 0 aliphatic heterocycles. The maximum Gasteiger partial charge on any atom is 0.0778 e. The summed E-state index contributed by atoms with van der Waals surface area (Å²) in [4.78, 5) is 0. The van der Waals surface area contributed by atoms with Gasteiger partial charge in [0, 0.05) is 32.0 Å². The smallest absolute Gasteiger partial charge is 0.0778 e. The monoisotopic (exact) mass is 276 g/mol. The van der Waals surface area contributed by atoms with Gasteiger partial charge in [0.15, 0.2) is 0 Å². The van der Waals surface area contributed by atoms with Crippen molar-refractivity contribution in [3.05, 3.63) is 48.0 Å². The Morgan fingerprint density at radius 3 is 2.30 bits per heavy atom. The van der Waals surface area contributed by atoms with Gasteiger partial charge in [-0.05, 0) is 12.5 Å². The van der Waals surface area contributed by atoms with Gasteiger partial charge >= 0.3 is 0 Å². The van der Waals surface area contributed by atoms with Crippen molar-refractivity contribution in [1.29, 1.82) is 0 Å². The normalized spacial score (nSPS) is 33.3. The van der Waals surface area contributed by atoms with Crippen LogP contribution in [0.15, 0.2) is 42.5 Å². The molecule has 0 amide bonds. The largest absolute Gasteiger partial charge is 0.389 e. The van der Waals surface area contributed by atoms with Crippen LogP contribution in [0.1, 0.15) is 18.4 Å². The lowest BCUT2D eigenvalue weighted by Crippen LogP contribution is -2.49. The first-order valence-electron chi connectivity index (χ1n) is 7.04. The summed E-state index contributed by atoms with van der Waals surface area (Å²) >= 11 is 0. The van der Waals surface area contributed by atoms with Crippen molar-refractivity contribution < 1.29 is 14.6 Å². The summed E-state index contributed by atoms with van der Waals surface area (Å²) in [6, 6.07) is 10.1. The molecule has 2 rings (SSSR count). The third-order valence-electron chi connectivity index (χ3n) is 4.31. The predicted molar refractivity (Wildman–Crippen MR) is 79.7 cm³/mol. The van der Waals surface area contributed by atoms with Crippen LogP contribution in [0.3, 0.4) is 0 Å². The summed E-state index contributed by atoms with van der Waals surface area (Å²) in [5, 5.41) is 11.1. The number of ether oxygens (including phenoxy) is 2. The van der Waals surface area contributed by atoms with Gasteiger partial charge in [0.25, 0.3) is 0 Å². The third kappa shape index (κ3) is 2.95. The van der Waals surface area contributed by atoms with Crippen molar-refractivity contribution >= 4 is 0 Å². The molecule has 0 fully saturated rings. The molecule has 1 aliphatic carbocycles. The van der Waals surface area contributed by atoms with Gasteiger partial charge in [-0.15, -0.1) is 0 Å². The molecule has 20 heavy (non-hydrogen) atoms. The Bertz CT molecular complexity index is 439. The van der Waals surface area contributed by atoms with Crippen molar-refractivity contribution in [3.63, 3.8) is 0 Å². The van der Waals surface area contributed by atoms with Gasteiger partial charge in [0.1, 0.15) is 0 Å². The zero-order chi connectivity index (χ0) is 14.6. The summed E-state index contributed by atoms with van der Waals surface area (Å²) in [5.74, 6) is 0.175. The second-order valence-corrected chi connectivity index (χ2v) is 5.68. The van der Waals surface area contributed by atoms with Gasteiger partial charge in [-0.3, -0.25) is 0 Å². The SMILES string of the molecule is COC[C@H]1C=C[C@@H](c2ccccc2)[C@@](C)(O)[C@H]1COC. The molecule has 1 aromatic carbocycles. The number of benzene rings is 1. The molecule has 0 saturated carbocycles. The maximum atomic E-state index is 11.1. The molecule has 1 aromatic rings. The van der Waals surface area contributed by atoms with E-state index < -0.39 is 5.60 Å². The molecule has 110 valence electrons. The lowest BCUT2D eigenvalue weighted by Gasteiger charge is -2.44. The van der Waals surface area contributed by atoms with E-state index in [-0.39, 0.29) is 17.8 Å². The molecule has 0 aromatic heterocycles. The van der Waals surface area contributed by atoms with E-state index in [2.05, 4.69) is 24.3 Å². The van der Waals surface area contributed by atoms with Crippen LogP contribution in [-0.2, 0) is 9.47 Å². The lowest BCUT2D eigenvalue weighted by molar-refractivity contribution is -0.0763. The van der Waals surface area contributed by atoms with Crippen molar-refractivity contribution in [2.45, 2.75) is 18.4 Å². The third-order valence-corrected chi connectivity index (χ3v) is 4.31. The molecule has 0 saturated heterocycles. The molecule has 0 radical (unpaired) electrons. The Morgan fingerprint density at radius 2 is 1.70 bits per heavy atom. The van der Waals surface area contributed by atoms with Crippen LogP contribution in [0.2, 0.25) is 0 Å². The van der Waals surface area contributed by atoms with E-state index >= 15 is 0 Å². The Labute approximate surface area is 121 Å². The highest BCUT2D eigenvalue weighted by molar-refractivity contribution is 5.30. The quantitative estimate of drug-likeness (QED) is 0.840. The molecule has 1 aliphatic rings. The van der Waals surface area contributed by atoms with E-state index in [1.807, 2.05) is 25.1 Å². The number of rotatable bonds is 5. The van der Waals surface area contributed by atoms with Gasteiger partial charge < -0.3 is 14.6 Å². The molecule has 0 heterocycles. The Kier molecular flexibility index (Phi) is 4.97. The van der Waals surface area contributed by atoms with Crippen molar-refractivity contribution in [2.24, 2.45) is 11.8 Å². The minimum atomic E-state index is -0.852. The van der Waals surface area contributed by atoms with E-state index in [0.717, 1.165) is 5.56 Å². The average molecular weight is 276 g/mol. The van der Waals surface area contributed by atoms with Crippen molar-refractivity contribution in [2.75, 3.05) is 27.4 Å². The zero-order valence-electron chi connectivity index (χ0n) is 12.5. The van der Waals surface area contributed by atoms with E-state index in [0.29, 0.717) is 13.2 Å². The van der Waals surface area contributed by atoms with E-state index in [1.165, 1.54) is 0 Å². The van der Waals surface area contributed by atoms with E-state index in [1.54, 1.807) is 14.2 Å². The fourth-order valence-corrected chi connectivity index (χ4v) is 3.19. The van der Waals surface area contributed by atoms with Crippen LogP contribution in [0, 0.1) is 11.8 Å². The number of aliphatic hydroxyl groups is 1. The molecule has 0 spiro atoms. The highest BCUT2D eigenvalue weighted by Gasteiger charge is 2.45. The summed E-state index contributed by atoms with van der Waals surface area (Å²) in [5.41, 5.74) is 0.278. The molecular weight excluding hydrogens is 252 g/mol. The topological polar surface area (TPSA) is 38.7 Å². The Hall–Kier alpha value is -1.16. The number of methoxy groups -OCH3 is 2. The molecule has 4 atom stereocenters. The molecule has 3 nitrogen and oxygen atoms in total. The molecule has 1 N–H and O–H groups in total. The summed E-state index contributed by atoms with van der Waals surface area (Å²) in [6.07, 6.45) is 4.26. The van der Waals surface area contributed by atoms with Crippen LogP contribution in [0.4, 0.5) is 0 Å². The van der Waals surface area contributed by atoms with Crippen molar-refractivity contribution in [1.82, 2.24) is 0 Å². The fraction of sp³-hybridized carbons (Fsp3) is 0.529. The van der Waals surface area contributed by atoms with Gasteiger partial charge in [-0.25, -0.2) is 0 Å². The van der Waals surface area contributed by atoms with Crippen LogP contribution >= 0.6 is 0 Å². The van der Waals surface area contributed by atoms with Crippen LogP contribution in [-0.4, -0.2) is 38.1 Å².